The number of morpholine rings is 1. The van der Waals surface area contributed by atoms with Crippen LogP contribution in [0.1, 0.15) is 34.3 Å². The molecule has 3 aromatic carbocycles. The number of amides is 1. The number of carboxylic acids is 1. The van der Waals surface area contributed by atoms with E-state index in [1.165, 1.54) is 24.6 Å². The summed E-state index contributed by atoms with van der Waals surface area (Å²) in [6.07, 6.45) is 4.94. The number of nitrogens with zero attached hydrogens (tertiary/aromatic N) is 2. The fraction of sp³-hybridized carbons (Fsp3) is 0.343. The first-order valence-corrected chi connectivity index (χ1v) is 16.5. The van der Waals surface area contributed by atoms with Gasteiger partial charge in [0, 0.05) is 31.7 Å². The van der Waals surface area contributed by atoms with Crippen LogP contribution >= 0.6 is 24.0 Å². The Bertz CT molecular complexity index is 1560. The molecule has 6 rings (SSSR count). The predicted octanol–water partition coefficient (Wildman–Crippen LogP) is 6.00. The Hall–Kier alpha value is -3.70. The minimum atomic E-state index is -0.966. The maximum atomic E-state index is 13.5. The molecule has 0 aromatic heterocycles. The maximum absolute atomic E-state index is 13.5. The number of thioether (sulfide) groups is 1. The predicted molar refractivity (Wildman–Crippen MR) is 180 cm³/mol. The summed E-state index contributed by atoms with van der Waals surface area (Å²) in [5.74, 6) is 1.16. The molecule has 45 heavy (non-hydrogen) atoms. The summed E-state index contributed by atoms with van der Waals surface area (Å²) in [6, 6.07) is 20.9. The Kier molecular flexibility index (Phi) is 10.1. The molecule has 1 saturated carbocycles. The SMILES string of the molecule is O=C(O)c1ccc(CCN2C(=O)/C(=C/c3cc(-c4ccc(OCC5CC5)cc4)ccc3OCCN3CCOCC3)SC2=S)cc1. The lowest BCUT2D eigenvalue weighted by Crippen LogP contribution is -2.38. The van der Waals surface area contributed by atoms with Gasteiger partial charge < -0.3 is 19.3 Å². The number of carbonyl (C=O) groups excluding carboxylic acids is 1. The molecule has 0 bridgehead atoms. The number of thiocarbonyl (C=S) groups is 1. The van der Waals surface area contributed by atoms with Gasteiger partial charge in [-0.2, -0.15) is 0 Å². The van der Waals surface area contributed by atoms with E-state index in [4.69, 9.17) is 31.5 Å². The molecule has 2 heterocycles. The van der Waals surface area contributed by atoms with Gasteiger partial charge >= 0.3 is 5.97 Å². The first kappa shape index (κ1) is 31.3. The van der Waals surface area contributed by atoms with Crippen molar-refractivity contribution in [1.29, 1.82) is 0 Å². The van der Waals surface area contributed by atoms with Crippen molar-refractivity contribution < 1.29 is 28.9 Å². The number of benzene rings is 3. The molecule has 0 radical (unpaired) electrons. The smallest absolute Gasteiger partial charge is 0.335 e. The van der Waals surface area contributed by atoms with E-state index in [1.807, 2.05) is 30.3 Å². The molecule has 1 amide bonds. The third kappa shape index (κ3) is 8.32. The second-order valence-corrected chi connectivity index (χ2v) is 13.1. The van der Waals surface area contributed by atoms with E-state index in [2.05, 4.69) is 23.1 Å². The second-order valence-electron chi connectivity index (χ2n) is 11.4. The van der Waals surface area contributed by atoms with E-state index in [0.29, 0.717) is 40.5 Å². The first-order valence-electron chi connectivity index (χ1n) is 15.3. The number of ether oxygens (including phenoxy) is 3. The quantitative estimate of drug-likeness (QED) is 0.178. The molecule has 0 unspecified atom stereocenters. The van der Waals surface area contributed by atoms with Gasteiger partial charge in [-0.3, -0.25) is 14.6 Å². The van der Waals surface area contributed by atoms with Gasteiger partial charge in [0.1, 0.15) is 22.4 Å². The third-order valence-corrected chi connectivity index (χ3v) is 9.51. The van der Waals surface area contributed by atoms with Gasteiger partial charge in [-0.25, -0.2) is 4.79 Å². The lowest BCUT2D eigenvalue weighted by atomic mass is 10.0. The van der Waals surface area contributed by atoms with E-state index < -0.39 is 5.97 Å². The van der Waals surface area contributed by atoms with Gasteiger partial charge in [-0.15, -0.1) is 0 Å². The topological polar surface area (TPSA) is 88.5 Å². The van der Waals surface area contributed by atoms with Gasteiger partial charge in [0.15, 0.2) is 0 Å². The van der Waals surface area contributed by atoms with Gasteiger partial charge in [0.25, 0.3) is 5.91 Å². The molecule has 1 aliphatic carbocycles. The van der Waals surface area contributed by atoms with Crippen molar-refractivity contribution in [1.82, 2.24) is 9.80 Å². The molecular formula is C35H36N2O6S2. The standard InChI is InChI=1S/C35H36N2O6S2/c38-33-32(45-35(44)37(33)14-13-24-3-5-27(6-4-24)34(39)40)22-29-21-28(26-7-10-30(11-8-26)43-23-25-1-2-25)9-12-31(29)42-20-17-36-15-18-41-19-16-36/h3-12,21-22,25H,1-2,13-20,23H2,(H,39,40)/b32-22-. The van der Waals surface area contributed by atoms with Crippen molar-refractivity contribution >= 4 is 46.3 Å². The summed E-state index contributed by atoms with van der Waals surface area (Å²) in [7, 11) is 0. The number of hydrogen-bond donors (Lipinski definition) is 1. The first-order chi connectivity index (χ1) is 21.9. The maximum Gasteiger partial charge on any atom is 0.335 e. The molecule has 3 fully saturated rings. The average molecular weight is 645 g/mol. The molecular weight excluding hydrogens is 609 g/mol. The number of rotatable bonds is 13. The van der Waals surface area contributed by atoms with Gasteiger partial charge in [0.05, 0.1) is 30.3 Å². The van der Waals surface area contributed by atoms with Crippen LogP contribution in [0.25, 0.3) is 17.2 Å². The zero-order chi connectivity index (χ0) is 31.2. The highest BCUT2D eigenvalue weighted by Gasteiger charge is 2.32. The highest BCUT2D eigenvalue weighted by Crippen LogP contribution is 2.36. The molecule has 3 aliphatic rings. The highest BCUT2D eigenvalue weighted by molar-refractivity contribution is 8.26. The van der Waals surface area contributed by atoms with Crippen LogP contribution in [-0.4, -0.2) is 83.7 Å². The van der Waals surface area contributed by atoms with Gasteiger partial charge in [-0.05, 0) is 84.3 Å². The van der Waals surface area contributed by atoms with Crippen molar-refractivity contribution in [2.24, 2.45) is 5.92 Å². The Morgan fingerprint density at radius 2 is 1.71 bits per heavy atom. The van der Waals surface area contributed by atoms with Gasteiger partial charge in [0.2, 0.25) is 0 Å². The molecule has 234 valence electrons. The summed E-state index contributed by atoms with van der Waals surface area (Å²) >= 11 is 6.89. The minimum Gasteiger partial charge on any atom is -0.493 e. The van der Waals surface area contributed by atoms with Crippen LogP contribution in [-0.2, 0) is 16.0 Å². The van der Waals surface area contributed by atoms with Crippen LogP contribution in [0.15, 0.2) is 71.6 Å². The Morgan fingerprint density at radius 3 is 2.42 bits per heavy atom. The van der Waals surface area contributed by atoms with Crippen LogP contribution in [0.4, 0.5) is 0 Å². The fourth-order valence-electron chi connectivity index (χ4n) is 5.21. The monoisotopic (exact) mass is 644 g/mol. The molecule has 10 heteroatoms. The van der Waals surface area contributed by atoms with Crippen molar-refractivity contribution in [2.75, 3.05) is 52.6 Å². The minimum absolute atomic E-state index is 0.144. The fourth-order valence-corrected chi connectivity index (χ4v) is 6.51. The zero-order valence-corrected chi connectivity index (χ0v) is 26.6. The zero-order valence-electron chi connectivity index (χ0n) is 25.0. The Balaban J connectivity index is 1.18. The molecule has 2 saturated heterocycles. The molecule has 0 spiro atoms. The summed E-state index contributed by atoms with van der Waals surface area (Å²) in [4.78, 5) is 29.2. The number of aromatic carboxylic acids is 1. The van der Waals surface area contributed by atoms with Crippen LogP contribution in [0.5, 0.6) is 11.5 Å². The van der Waals surface area contributed by atoms with E-state index in [0.717, 1.165) is 67.5 Å². The summed E-state index contributed by atoms with van der Waals surface area (Å²) in [6.45, 7) is 5.75. The average Bonchev–Trinajstić information content (AvgIpc) is 3.85. The van der Waals surface area contributed by atoms with Crippen molar-refractivity contribution in [2.45, 2.75) is 19.3 Å². The van der Waals surface area contributed by atoms with Gasteiger partial charge in [-0.1, -0.05) is 54.3 Å². The molecule has 1 N–H and O–H groups in total. The Morgan fingerprint density at radius 1 is 0.978 bits per heavy atom. The highest BCUT2D eigenvalue weighted by atomic mass is 32.2. The molecule has 2 aliphatic heterocycles. The van der Waals surface area contributed by atoms with Crippen LogP contribution in [0.3, 0.4) is 0 Å². The lowest BCUT2D eigenvalue weighted by Gasteiger charge is -2.26. The van der Waals surface area contributed by atoms with E-state index >= 15 is 0 Å². The lowest BCUT2D eigenvalue weighted by molar-refractivity contribution is -0.122. The number of hydrogen-bond acceptors (Lipinski definition) is 8. The molecule has 0 atom stereocenters. The molecule has 8 nitrogen and oxygen atoms in total. The van der Waals surface area contributed by atoms with Crippen LogP contribution in [0, 0.1) is 5.92 Å². The number of carbonyl (C=O) groups is 2. The third-order valence-electron chi connectivity index (χ3n) is 8.13. The van der Waals surface area contributed by atoms with Crippen molar-refractivity contribution in [3.63, 3.8) is 0 Å². The Labute approximate surface area is 273 Å². The summed E-state index contributed by atoms with van der Waals surface area (Å²) < 4.78 is 18.2. The summed E-state index contributed by atoms with van der Waals surface area (Å²) in [5.41, 5.74) is 4.04. The van der Waals surface area contributed by atoms with Crippen molar-refractivity contribution in [3.8, 4) is 22.6 Å². The molecule has 3 aromatic rings. The van der Waals surface area contributed by atoms with Crippen LogP contribution in [0.2, 0.25) is 0 Å². The van der Waals surface area contributed by atoms with Crippen molar-refractivity contribution in [3.05, 3.63) is 88.3 Å². The second kappa shape index (κ2) is 14.6. The van der Waals surface area contributed by atoms with E-state index in [1.54, 1.807) is 29.2 Å². The largest absolute Gasteiger partial charge is 0.493 e. The number of carboxylic acid groups (broad SMARTS) is 1. The summed E-state index contributed by atoms with van der Waals surface area (Å²) in [5, 5.41) is 9.16. The normalized spacial score (nSPS) is 18.0. The van der Waals surface area contributed by atoms with E-state index in [9.17, 15) is 9.59 Å². The van der Waals surface area contributed by atoms with Crippen LogP contribution < -0.4 is 9.47 Å². The van der Waals surface area contributed by atoms with E-state index in [-0.39, 0.29) is 11.5 Å².